The summed E-state index contributed by atoms with van der Waals surface area (Å²) in [6.45, 7) is 3.73. The van der Waals surface area contributed by atoms with Crippen molar-refractivity contribution in [1.82, 2.24) is 19.4 Å². The van der Waals surface area contributed by atoms with Crippen LogP contribution in [0.3, 0.4) is 0 Å². The van der Waals surface area contributed by atoms with Gasteiger partial charge in [-0.15, -0.1) is 0 Å². The second-order valence-electron chi connectivity index (χ2n) is 7.47. The molecule has 0 spiro atoms. The van der Waals surface area contributed by atoms with Crippen molar-refractivity contribution < 1.29 is 13.6 Å². The normalized spacial score (nSPS) is 16.9. The van der Waals surface area contributed by atoms with E-state index in [0.29, 0.717) is 25.4 Å². The molecule has 1 saturated heterocycles. The number of imidazole rings is 1. The van der Waals surface area contributed by atoms with Gasteiger partial charge in [-0.25, -0.2) is 14.4 Å². The molecule has 1 aliphatic rings. The fourth-order valence-corrected chi connectivity index (χ4v) is 3.85. The summed E-state index contributed by atoms with van der Waals surface area (Å²) < 4.78 is 20.9. The summed E-state index contributed by atoms with van der Waals surface area (Å²) in [5, 5.41) is 0. The molecule has 0 saturated carbocycles. The Kier molecular flexibility index (Phi) is 5.74. The first-order chi connectivity index (χ1) is 14.1. The van der Waals surface area contributed by atoms with Crippen LogP contribution in [0.5, 0.6) is 0 Å². The minimum atomic E-state index is -0.249. The Bertz CT molecular complexity index is 963. The van der Waals surface area contributed by atoms with Crippen LogP contribution in [0, 0.1) is 5.82 Å². The van der Waals surface area contributed by atoms with Crippen molar-refractivity contribution in [1.29, 1.82) is 0 Å². The zero-order valence-electron chi connectivity index (χ0n) is 16.6. The lowest BCUT2D eigenvalue weighted by molar-refractivity contribution is -0.133. The molecule has 4 rings (SSSR count). The number of carbonyl (C=O) groups excluding carboxylic acids is 1. The lowest BCUT2D eigenvalue weighted by atomic mass is 9.98. The van der Waals surface area contributed by atoms with E-state index < -0.39 is 0 Å². The topological polar surface area (TPSA) is 64.2 Å². The van der Waals surface area contributed by atoms with Crippen LogP contribution >= 0.6 is 0 Å². The highest BCUT2D eigenvalue weighted by Gasteiger charge is 2.28. The van der Waals surface area contributed by atoms with Crippen molar-refractivity contribution in [3.8, 4) is 0 Å². The van der Waals surface area contributed by atoms with Gasteiger partial charge in [0.15, 0.2) is 5.89 Å². The summed E-state index contributed by atoms with van der Waals surface area (Å²) >= 11 is 0. The molecule has 1 atom stereocenters. The monoisotopic (exact) mass is 396 g/mol. The summed E-state index contributed by atoms with van der Waals surface area (Å²) in [5.74, 6) is 2.30. The Balaban J connectivity index is 1.38. The van der Waals surface area contributed by atoms with E-state index in [1.165, 1.54) is 12.1 Å². The third-order valence-electron chi connectivity index (χ3n) is 5.41. The van der Waals surface area contributed by atoms with Crippen LogP contribution in [0.2, 0.25) is 0 Å². The van der Waals surface area contributed by atoms with E-state index in [9.17, 15) is 9.18 Å². The van der Waals surface area contributed by atoms with Crippen LogP contribution in [0.15, 0.2) is 47.3 Å². The first kappa shape index (κ1) is 19.4. The van der Waals surface area contributed by atoms with Crippen LogP contribution in [0.4, 0.5) is 4.39 Å². The molecule has 29 heavy (non-hydrogen) atoms. The maximum atomic E-state index is 13.1. The first-order valence-corrected chi connectivity index (χ1v) is 10.1. The van der Waals surface area contributed by atoms with Gasteiger partial charge in [-0.3, -0.25) is 4.79 Å². The average Bonchev–Trinajstić information content (AvgIpc) is 3.39. The van der Waals surface area contributed by atoms with E-state index >= 15 is 0 Å². The number of halogens is 1. The maximum absolute atomic E-state index is 13.1. The number of benzene rings is 1. The molecule has 1 fully saturated rings. The number of carbonyl (C=O) groups is 1. The fourth-order valence-electron chi connectivity index (χ4n) is 3.85. The molecular formula is C22H25FN4O2. The third-order valence-corrected chi connectivity index (χ3v) is 5.41. The molecule has 0 N–H and O–H groups in total. The molecule has 6 nitrogen and oxygen atoms in total. The number of oxazole rings is 1. The van der Waals surface area contributed by atoms with Gasteiger partial charge in [0.25, 0.3) is 0 Å². The van der Waals surface area contributed by atoms with E-state index in [1.807, 2.05) is 22.6 Å². The molecule has 3 heterocycles. The van der Waals surface area contributed by atoms with Crippen molar-refractivity contribution in [3.05, 3.63) is 71.7 Å². The highest BCUT2D eigenvalue weighted by atomic mass is 19.1. The lowest BCUT2D eigenvalue weighted by Gasteiger charge is -2.31. The Morgan fingerprint density at radius 3 is 2.90 bits per heavy atom. The molecule has 3 aromatic rings. The molecule has 1 amide bonds. The second kappa shape index (κ2) is 8.59. The number of amides is 1. The van der Waals surface area contributed by atoms with Gasteiger partial charge in [-0.2, -0.15) is 0 Å². The molecule has 0 bridgehead atoms. The van der Waals surface area contributed by atoms with E-state index in [2.05, 4.69) is 9.97 Å². The SMILES string of the molecule is CCc1nccn1CC(=O)N1CCCC(c2ncc(Cc3ccc(F)cc3)o2)C1. The maximum Gasteiger partial charge on any atom is 0.242 e. The van der Waals surface area contributed by atoms with Crippen LogP contribution < -0.4 is 0 Å². The van der Waals surface area contributed by atoms with Crippen molar-refractivity contribution in [2.45, 2.75) is 45.1 Å². The smallest absolute Gasteiger partial charge is 0.242 e. The van der Waals surface area contributed by atoms with Gasteiger partial charge in [0.2, 0.25) is 5.91 Å². The molecule has 1 aliphatic heterocycles. The second-order valence-corrected chi connectivity index (χ2v) is 7.47. The van der Waals surface area contributed by atoms with Gasteiger partial charge < -0.3 is 13.9 Å². The van der Waals surface area contributed by atoms with Crippen LogP contribution in [0.1, 0.15) is 48.7 Å². The minimum Gasteiger partial charge on any atom is -0.445 e. The number of hydrogen-bond donors (Lipinski definition) is 0. The molecule has 152 valence electrons. The lowest BCUT2D eigenvalue weighted by Crippen LogP contribution is -2.41. The Hall–Kier alpha value is -2.96. The van der Waals surface area contributed by atoms with Crippen molar-refractivity contribution in [2.24, 2.45) is 0 Å². The Morgan fingerprint density at radius 1 is 1.28 bits per heavy atom. The fraction of sp³-hybridized carbons (Fsp3) is 0.409. The molecular weight excluding hydrogens is 371 g/mol. The van der Waals surface area contributed by atoms with Crippen molar-refractivity contribution in [2.75, 3.05) is 13.1 Å². The zero-order chi connectivity index (χ0) is 20.2. The molecule has 0 radical (unpaired) electrons. The van der Waals surface area contributed by atoms with Crippen molar-refractivity contribution >= 4 is 5.91 Å². The molecule has 2 aromatic heterocycles. The van der Waals surface area contributed by atoms with Crippen LogP contribution in [-0.2, 0) is 24.2 Å². The van der Waals surface area contributed by atoms with Gasteiger partial charge in [0, 0.05) is 38.3 Å². The number of hydrogen-bond acceptors (Lipinski definition) is 4. The van der Waals surface area contributed by atoms with Gasteiger partial charge in [0.1, 0.15) is 23.9 Å². The largest absolute Gasteiger partial charge is 0.445 e. The molecule has 1 aromatic carbocycles. The van der Waals surface area contributed by atoms with E-state index in [4.69, 9.17) is 4.42 Å². The quantitative estimate of drug-likeness (QED) is 0.639. The predicted molar refractivity (Wildman–Crippen MR) is 106 cm³/mol. The van der Waals surface area contributed by atoms with Gasteiger partial charge in [-0.05, 0) is 30.5 Å². The number of piperidine rings is 1. The summed E-state index contributed by atoms with van der Waals surface area (Å²) in [5.41, 5.74) is 0.974. The molecule has 1 unspecified atom stereocenters. The number of nitrogens with zero attached hydrogens (tertiary/aromatic N) is 4. The summed E-state index contributed by atoms with van der Waals surface area (Å²) in [4.78, 5) is 23.4. The van der Waals surface area contributed by atoms with Crippen LogP contribution in [0.25, 0.3) is 0 Å². The highest BCUT2D eigenvalue weighted by Crippen LogP contribution is 2.27. The number of aromatic nitrogens is 3. The van der Waals surface area contributed by atoms with E-state index in [-0.39, 0.29) is 17.6 Å². The van der Waals surface area contributed by atoms with Crippen LogP contribution in [-0.4, -0.2) is 38.4 Å². The highest BCUT2D eigenvalue weighted by molar-refractivity contribution is 5.76. The zero-order valence-corrected chi connectivity index (χ0v) is 16.6. The van der Waals surface area contributed by atoms with Gasteiger partial charge in [0.05, 0.1) is 12.1 Å². The summed E-state index contributed by atoms with van der Waals surface area (Å²) in [6, 6.07) is 6.39. The average molecular weight is 396 g/mol. The number of aryl methyl sites for hydroxylation is 1. The van der Waals surface area contributed by atoms with Gasteiger partial charge >= 0.3 is 0 Å². The third kappa shape index (κ3) is 4.55. The Labute approximate surface area is 169 Å². The summed E-state index contributed by atoms with van der Waals surface area (Å²) in [7, 11) is 0. The molecule has 7 heteroatoms. The van der Waals surface area contributed by atoms with Gasteiger partial charge in [-0.1, -0.05) is 19.1 Å². The minimum absolute atomic E-state index is 0.0977. The first-order valence-electron chi connectivity index (χ1n) is 10.1. The summed E-state index contributed by atoms with van der Waals surface area (Å²) in [6.07, 6.45) is 8.58. The van der Waals surface area contributed by atoms with Crippen molar-refractivity contribution in [3.63, 3.8) is 0 Å². The van der Waals surface area contributed by atoms with E-state index in [0.717, 1.165) is 43.0 Å². The molecule has 0 aliphatic carbocycles. The Morgan fingerprint density at radius 2 is 2.10 bits per heavy atom. The number of likely N-dealkylation sites (tertiary alicyclic amines) is 1. The number of rotatable bonds is 6. The standard InChI is InChI=1S/C22H25FN4O2/c1-2-20-24-9-11-26(20)15-21(28)27-10-3-4-17(14-27)22-25-13-19(29-22)12-16-5-7-18(23)8-6-16/h5-9,11,13,17H,2-4,10,12,14-15H2,1H3. The van der Waals surface area contributed by atoms with E-state index in [1.54, 1.807) is 24.5 Å². The predicted octanol–water partition coefficient (Wildman–Crippen LogP) is 3.57.